The second-order valence-corrected chi connectivity index (χ2v) is 7.22. The number of imidazole rings is 1. The van der Waals surface area contributed by atoms with E-state index in [4.69, 9.17) is 9.72 Å². The molecule has 6 nitrogen and oxygen atoms in total. The molecule has 0 spiro atoms. The SMILES string of the molecule is COC1CCC(C(=O)N[C@@H](C)c2nc3cccnc3n2C(C)C)CC1. The first-order chi connectivity index (χ1) is 12.0. The molecule has 3 rings (SSSR count). The Bertz CT molecular complexity index is 732. The number of nitrogens with zero attached hydrogens (tertiary/aromatic N) is 3. The molecule has 1 fully saturated rings. The van der Waals surface area contributed by atoms with Crippen molar-refractivity contribution in [1.82, 2.24) is 19.9 Å². The molecule has 6 heteroatoms. The maximum Gasteiger partial charge on any atom is 0.223 e. The minimum atomic E-state index is -0.149. The molecule has 136 valence electrons. The minimum Gasteiger partial charge on any atom is -0.381 e. The number of hydrogen-bond acceptors (Lipinski definition) is 4. The Morgan fingerprint density at radius 1 is 1.28 bits per heavy atom. The van der Waals surface area contributed by atoms with E-state index in [9.17, 15) is 4.79 Å². The van der Waals surface area contributed by atoms with Crippen LogP contribution in [0.25, 0.3) is 11.2 Å². The summed E-state index contributed by atoms with van der Waals surface area (Å²) in [5.41, 5.74) is 1.74. The lowest BCUT2D eigenvalue weighted by molar-refractivity contribution is -0.127. The summed E-state index contributed by atoms with van der Waals surface area (Å²) in [4.78, 5) is 21.9. The molecule has 2 aromatic rings. The number of aromatic nitrogens is 3. The van der Waals surface area contributed by atoms with Crippen LogP contribution >= 0.6 is 0 Å². The highest BCUT2D eigenvalue weighted by atomic mass is 16.5. The fourth-order valence-corrected chi connectivity index (χ4v) is 3.72. The van der Waals surface area contributed by atoms with Crippen LogP contribution in [0.15, 0.2) is 18.3 Å². The summed E-state index contributed by atoms with van der Waals surface area (Å²) in [6, 6.07) is 3.93. The van der Waals surface area contributed by atoms with Crippen LogP contribution in [0.2, 0.25) is 0 Å². The molecule has 0 saturated heterocycles. The smallest absolute Gasteiger partial charge is 0.223 e. The van der Waals surface area contributed by atoms with Gasteiger partial charge in [0.2, 0.25) is 5.91 Å². The number of methoxy groups -OCH3 is 1. The van der Waals surface area contributed by atoms with Gasteiger partial charge in [-0.15, -0.1) is 0 Å². The predicted molar refractivity (Wildman–Crippen MR) is 97.2 cm³/mol. The van der Waals surface area contributed by atoms with Crippen molar-refractivity contribution in [3.63, 3.8) is 0 Å². The third kappa shape index (κ3) is 3.68. The van der Waals surface area contributed by atoms with E-state index < -0.39 is 0 Å². The zero-order valence-electron chi connectivity index (χ0n) is 15.5. The molecular formula is C19H28N4O2. The molecule has 1 aliphatic rings. The number of carbonyl (C=O) groups excluding carboxylic acids is 1. The molecule has 0 radical (unpaired) electrons. The second kappa shape index (κ2) is 7.52. The molecule has 1 saturated carbocycles. The van der Waals surface area contributed by atoms with Crippen LogP contribution in [0.3, 0.4) is 0 Å². The van der Waals surface area contributed by atoms with Crippen LogP contribution in [-0.2, 0) is 9.53 Å². The number of rotatable bonds is 5. The standard InChI is InChI=1S/C19H28N4O2/c1-12(2)23-17(22-16-6-5-11-20-18(16)23)13(3)21-19(24)14-7-9-15(25-4)10-8-14/h5-6,11-15H,7-10H2,1-4H3,(H,21,24)/t13-,14?,15?/m0/s1. The molecule has 1 N–H and O–H groups in total. The van der Waals surface area contributed by atoms with Gasteiger partial charge in [0.25, 0.3) is 0 Å². The van der Waals surface area contributed by atoms with Crippen molar-refractivity contribution in [3.05, 3.63) is 24.2 Å². The topological polar surface area (TPSA) is 69.0 Å². The number of amides is 1. The van der Waals surface area contributed by atoms with Crippen LogP contribution in [0.1, 0.15) is 64.4 Å². The molecule has 0 unspecified atom stereocenters. The second-order valence-electron chi connectivity index (χ2n) is 7.22. The Kier molecular flexibility index (Phi) is 5.37. The van der Waals surface area contributed by atoms with Crippen molar-refractivity contribution < 1.29 is 9.53 Å². The van der Waals surface area contributed by atoms with Gasteiger partial charge in [-0.2, -0.15) is 0 Å². The van der Waals surface area contributed by atoms with Crippen LogP contribution < -0.4 is 5.32 Å². The zero-order valence-corrected chi connectivity index (χ0v) is 15.5. The fraction of sp³-hybridized carbons (Fsp3) is 0.632. The van der Waals surface area contributed by atoms with Crippen molar-refractivity contribution in [2.24, 2.45) is 5.92 Å². The minimum absolute atomic E-state index is 0.0730. The fourth-order valence-electron chi connectivity index (χ4n) is 3.72. The quantitative estimate of drug-likeness (QED) is 0.902. The van der Waals surface area contributed by atoms with Crippen LogP contribution in [0, 0.1) is 5.92 Å². The molecular weight excluding hydrogens is 316 g/mol. The lowest BCUT2D eigenvalue weighted by atomic mass is 9.86. The molecule has 1 atom stereocenters. The average Bonchev–Trinajstić information content (AvgIpc) is 3.01. The van der Waals surface area contributed by atoms with Crippen molar-refractivity contribution in [3.8, 4) is 0 Å². The maximum atomic E-state index is 12.7. The Morgan fingerprint density at radius 2 is 2.00 bits per heavy atom. The van der Waals surface area contributed by atoms with Gasteiger partial charge in [-0.05, 0) is 58.6 Å². The third-order valence-electron chi connectivity index (χ3n) is 5.12. The van der Waals surface area contributed by atoms with Gasteiger partial charge in [0.1, 0.15) is 11.3 Å². The Labute approximate surface area is 149 Å². The summed E-state index contributed by atoms with van der Waals surface area (Å²) in [7, 11) is 1.75. The van der Waals surface area contributed by atoms with Crippen LogP contribution in [0.4, 0.5) is 0 Å². The molecule has 2 aromatic heterocycles. The van der Waals surface area contributed by atoms with Gasteiger partial charge in [-0.25, -0.2) is 9.97 Å². The van der Waals surface area contributed by atoms with Crippen LogP contribution in [-0.4, -0.2) is 33.7 Å². The zero-order chi connectivity index (χ0) is 18.0. The number of carbonyl (C=O) groups is 1. The van der Waals surface area contributed by atoms with Crippen molar-refractivity contribution in [2.75, 3.05) is 7.11 Å². The van der Waals surface area contributed by atoms with Gasteiger partial charge in [0.05, 0.1) is 12.1 Å². The largest absolute Gasteiger partial charge is 0.381 e. The van der Waals surface area contributed by atoms with E-state index in [-0.39, 0.29) is 23.9 Å². The van der Waals surface area contributed by atoms with E-state index in [0.717, 1.165) is 42.7 Å². The molecule has 0 aromatic carbocycles. The number of pyridine rings is 1. The van der Waals surface area contributed by atoms with Crippen molar-refractivity contribution >= 4 is 17.1 Å². The highest BCUT2D eigenvalue weighted by Gasteiger charge is 2.28. The average molecular weight is 344 g/mol. The summed E-state index contributed by atoms with van der Waals surface area (Å²) in [6.07, 6.45) is 5.77. The molecule has 1 amide bonds. The van der Waals surface area contributed by atoms with E-state index in [2.05, 4.69) is 28.7 Å². The van der Waals surface area contributed by atoms with Gasteiger partial charge in [-0.1, -0.05) is 0 Å². The number of hydrogen-bond donors (Lipinski definition) is 1. The Balaban J connectivity index is 1.75. The first-order valence-electron chi connectivity index (χ1n) is 9.17. The number of nitrogens with one attached hydrogen (secondary N) is 1. The van der Waals surface area contributed by atoms with Gasteiger partial charge in [0, 0.05) is 25.3 Å². The lowest BCUT2D eigenvalue weighted by Crippen LogP contribution is -2.36. The van der Waals surface area contributed by atoms with Gasteiger partial charge in [0.15, 0.2) is 5.65 Å². The predicted octanol–water partition coefficient (Wildman–Crippen LogP) is 3.39. The van der Waals surface area contributed by atoms with Gasteiger partial charge >= 0.3 is 0 Å². The molecule has 0 bridgehead atoms. The monoisotopic (exact) mass is 344 g/mol. The van der Waals surface area contributed by atoms with E-state index in [1.54, 1.807) is 13.3 Å². The molecule has 1 aliphatic carbocycles. The summed E-state index contributed by atoms with van der Waals surface area (Å²) >= 11 is 0. The molecule has 25 heavy (non-hydrogen) atoms. The third-order valence-corrected chi connectivity index (χ3v) is 5.12. The van der Waals surface area contributed by atoms with E-state index in [0.29, 0.717) is 6.10 Å². The highest BCUT2D eigenvalue weighted by molar-refractivity contribution is 5.79. The highest BCUT2D eigenvalue weighted by Crippen LogP contribution is 2.28. The van der Waals surface area contributed by atoms with Crippen molar-refractivity contribution in [2.45, 2.75) is 64.6 Å². The molecule has 2 heterocycles. The van der Waals surface area contributed by atoms with E-state index in [1.807, 2.05) is 19.1 Å². The number of ether oxygens (including phenoxy) is 1. The Morgan fingerprint density at radius 3 is 2.64 bits per heavy atom. The summed E-state index contributed by atoms with van der Waals surface area (Å²) in [6.45, 7) is 6.22. The van der Waals surface area contributed by atoms with E-state index in [1.165, 1.54) is 0 Å². The normalized spacial score (nSPS) is 22.3. The van der Waals surface area contributed by atoms with Gasteiger partial charge < -0.3 is 14.6 Å². The summed E-state index contributed by atoms with van der Waals surface area (Å²) in [5, 5.41) is 3.16. The lowest BCUT2D eigenvalue weighted by Gasteiger charge is -2.28. The maximum absolute atomic E-state index is 12.7. The summed E-state index contributed by atoms with van der Waals surface area (Å²) in [5.74, 6) is 1.06. The Hall–Kier alpha value is -1.95. The number of fused-ring (bicyclic) bond motifs is 1. The van der Waals surface area contributed by atoms with Gasteiger partial charge in [-0.3, -0.25) is 4.79 Å². The van der Waals surface area contributed by atoms with Crippen LogP contribution in [0.5, 0.6) is 0 Å². The van der Waals surface area contributed by atoms with E-state index >= 15 is 0 Å². The first-order valence-corrected chi connectivity index (χ1v) is 9.17. The first kappa shape index (κ1) is 17.9. The summed E-state index contributed by atoms with van der Waals surface area (Å²) < 4.78 is 7.51. The molecule has 0 aliphatic heterocycles. The van der Waals surface area contributed by atoms with Crippen molar-refractivity contribution in [1.29, 1.82) is 0 Å².